The molecule has 4 nitrogen and oxygen atoms in total. The molecular formula is C5H7BrN2O2. The van der Waals surface area contributed by atoms with Crippen molar-refractivity contribution in [1.82, 2.24) is 10.9 Å². The number of hydrogen-bond acceptors (Lipinski definition) is 2. The SMILES string of the molecule is O=CNNC(=O)/C=C/CBr. The molecule has 0 heterocycles. The van der Waals surface area contributed by atoms with Crippen LogP contribution in [0.1, 0.15) is 0 Å². The van der Waals surface area contributed by atoms with Crippen molar-refractivity contribution in [3.8, 4) is 0 Å². The van der Waals surface area contributed by atoms with Crippen LogP contribution < -0.4 is 10.9 Å². The van der Waals surface area contributed by atoms with Gasteiger partial charge in [0.05, 0.1) is 0 Å². The number of rotatable bonds is 4. The van der Waals surface area contributed by atoms with Gasteiger partial charge in [-0.05, 0) is 0 Å². The first-order valence-electron chi connectivity index (χ1n) is 2.53. The molecule has 0 saturated carbocycles. The number of alkyl halides is 1. The Hall–Kier alpha value is -0.840. The summed E-state index contributed by atoms with van der Waals surface area (Å²) in [6.45, 7) is 0. The van der Waals surface area contributed by atoms with Crippen molar-refractivity contribution in [2.75, 3.05) is 5.33 Å². The smallest absolute Gasteiger partial charge is 0.262 e. The standard InChI is InChI=1S/C5H7BrN2O2/c6-3-1-2-5(10)8-7-4-9/h1-2,4H,3H2,(H,7,9)(H,8,10)/b2-1+. The second-order valence-corrected chi connectivity index (χ2v) is 1.96. The van der Waals surface area contributed by atoms with Crippen molar-refractivity contribution >= 4 is 28.2 Å². The molecule has 0 fully saturated rings. The van der Waals surface area contributed by atoms with Gasteiger partial charge in [-0.25, -0.2) is 0 Å². The Bertz CT molecular complexity index is 147. The van der Waals surface area contributed by atoms with Crippen molar-refractivity contribution in [1.29, 1.82) is 0 Å². The fraction of sp³-hybridized carbons (Fsp3) is 0.200. The van der Waals surface area contributed by atoms with E-state index in [1.54, 1.807) is 6.08 Å². The molecule has 0 aliphatic carbocycles. The normalized spacial score (nSPS) is 9.30. The first kappa shape index (κ1) is 9.16. The largest absolute Gasteiger partial charge is 0.277 e. The van der Waals surface area contributed by atoms with Crippen molar-refractivity contribution in [2.24, 2.45) is 0 Å². The first-order valence-corrected chi connectivity index (χ1v) is 3.65. The van der Waals surface area contributed by atoms with Gasteiger partial charge >= 0.3 is 0 Å². The topological polar surface area (TPSA) is 58.2 Å². The van der Waals surface area contributed by atoms with Crippen LogP contribution in [0.3, 0.4) is 0 Å². The average molecular weight is 207 g/mol. The highest BCUT2D eigenvalue weighted by molar-refractivity contribution is 9.09. The third kappa shape index (κ3) is 5.30. The molecule has 0 atom stereocenters. The highest BCUT2D eigenvalue weighted by Gasteiger charge is 1.88. The van der Waals surface area contributed by atoms with Gasteiger partial charge < -0.3 is 0 Å². The summed E-state index contributed by atoms with van der Waals surface area (Å²) in [5.41, 5.74) is 4.11. The highest BCUT2D eigenvalue weighted by Crippen LogP contribution is 1.80. The molecule has 0 spiro atoms. The molecule has 0 aliphatic rings. The molecule has 10 heavy (non-hydrogen) atoms. The second kappa shape index (κ2) is 6.28. The Labute approximate surface area is 66.8 Å². The summed E-state index contributed by atoms with van der Waals surface area (Å²) in [5, 5.41) is 0.613. The molecule has 0 radical (unpaired) electrons. The van der Waals surface area contributed by atoms with E-state index in [1.807, 2.05) is 5.43 Å². The molecule has 2 amide bonds. The minimum absolute atomic E-state index is 0.355. The number of hydrazine groups is 1. The number of carbonyl (C=O) groups excluding carboxylic acids is 2. The van der Waals surface area contributed by atoms with Crippen LogP contribution in [0.5, 0.6) is 0 Å². The van der Waals surface area contributed by atoms with Crippen LogP contribution in [-0.2, 0) is 9.59 Å². The molecule has 0 aromatic carbocycles. The van der Waals surface area contributed by atoms with Crippen molar-refractivity contribution in [3.05, 3.63) is 12.2 Å². The van der Waals surface area contributed by atoms with E-state index >= 15 is 0 Å². The number of halogens is 1. The van der Waals surface area contributed by atoms with Crippen LogP contribution in [0.2, 0.25) is 0 Å². The summed E-state index contributed by atoms with van der Waals surface area (Å²) in [4.78, 5) is 20.1. The molecule has 0 bridgehead atoms. The number of hydrogen-bond donors (Lipinski definition) is 2. The lowest BCUT2D eigenvalue weighted by molar-refractivity contribution is -0.120. The zero-order chi connectivity index (χ0) is 7.82. The molecule has 0 aromatic rings. The number of nitrogens with one attached hydrogen (secondary N) is 2. The van der Waals surface area contributed by atoms with E-state index < -0.39 is 0 Å². The molecule has 0 unspecified atom stereocenters. The van der Waals surface area contributed by atoms with Crippen LogP contribution in [-0.4, -0.2) is 17.6 Å². The average Bonchev–Trinajstić information content (AvgIpc) is 1.97. The van der Waals surface area contributed by atoms with E-state index in [9.17, 15) is 9.59 Å². The summed E-state index contributed by atoms with van der Waals surface area (Å²) < 4.78 is 0. The van der Waals surface area contributed by atoms with E-state index in [-0.39, 0.29) is 5.91 Å². The maximum atomic E-state index is 10.5. The molecular weight excluding hydrogens is 200 g/mol. The van der Waals surface area contributed by atoms with E-state index in [4.69, 9.17) is 0 Å². The Morgan fingerprint density at radius 3 is 2.80 bits per heavy atom. The van der Waals surface area contributed by atoms with Gasteiger partial charge in [0.2, 0.25) is 6.41 Å². The van der Waals surface area contributed by atoms with Gasteiger partial charge in [-0.1, -0.05) is 22.0 Å². The third-order valence-electron chi connectivity index (χ3n) is 0.613. The minimum atomic E-state index is -0.355. The van der Waals surface area contributed by atoms with Crippen LogP contribution in [0.15, 0.2) is 12.2 Å². The zero-order valence-corrected chi connectivity index (χ0v) is 6.72. The Morgan fingerprint density at radius 2 is 2.30 bits per heavy atom. The maximum absolute atomic E-state index is 10.5. The lowest BCUT2D eigenvalue weighted by Crippen LogP contribution is -2.34. The summed E-state index contributed by atoms with van der Waals surface area (Å²) in [7, 11) is 0. The van der Waals surface area contributed by atoms with Crippen molar-refractivity contribution in [3.63, 3.8) is 0 Å². The molecule has 0 aromatic heterocycles. The predicted molar refractivity (Wildman–Crippen MR) is 40.3 cm³/mol. The van der Waals surface area contributed by atoms with Gasteiger partial charge in [-0.3, -0.25) is 20.4 Å². The van der Waals surface area contributed by atoms with Gasteiger partial charge in [-0.15, -0.1) is 0 Å². The van der Waals surface area contributed by atoms with Crippen LogP contribution in [0, 0.1) is 0 Å². The molecule has 0 saturated heterocycles. The van der Waals surface area contributed by atoms with E-state index in [0.29, 0.717) is 11.7 Å². The van der Waals surface area contributed by atoms with Crippen molar-refractivity contribution < 1.29 is 9.59 Å². The number of allylic oxidation sites excluding steroid dienone is 1. The van der Waals surface area contributed by atoms with Crippen LogP contribution in [0.4, 0.5) is 0 Å². The van der Waals surface area contributed by atoms with Gasteiger partial charge in [0.15, 0.2) is 0 Å². The summed E-state index contributed by atoms with van der Waals surface area (Å²) >= 11 is 3.09. The molecule has 56 valence electrons. The molecule has 2 N–H and O–H groups in total. The predicted octanol–water partition coefficient (Wildman–Crippen LogP) is -0.285. The first-order chi connectivity index (χ1) is 4.81. The van der Waals surface area contributed by atoms with E-state index in [1.165, 1.54) is 6.08 Å². The third-order valence-corrected chi connectivity index (χ3v) is 0.986. The maximum Gasteiger partial charge on any atom is 0.262 e. The van der Waals surface area contributed by atoms with Gasteiger partial charge in [-0.2, -0.15) is 0 Å². The number of carbonyl (C=O) groups is 2. The van der Waals surface area contributed by atoms with Gasteiger partial charge in [0, 0.05) is 11.4 Å². The highest BCUT2D eigenvalue weighted by atomic mass is 79.9. The fourth-order valence-electron chi connectivity index (χ4n) is 0.294. The second-order valence-electron chi connectivity index (χ2n) is 1.31. The van der Waals surface area contributed by atoms with Gasteiger partial charge in [0.1, 0.15) is 0 Å². The zero-order valence-electron chi connectivity index (χ0n) is 5.13. The Morgan fingerprint density at radius 1 is 1.60 bits per heavy atom. The lowest BCUT2D eigenvalue weighted by Gasteiger charge is -1.94. The molecule has 5 heteroatoms. The van der Waals surface area contributed by atoms with E-state index in [0.717, 1.165) is 0 Å². The summed E-state index contributed by atoms with van der Waals surface area (Å²) in [6.07, 6.45) is 3.31. The lowest BCUT2D eigenvalue weighted by atomic mass is 10.5. The number of amides is 2. The summed E-state index contributed by atoms with van der Waals surface area (Å²) in [6, 6.07) is 0. The van der Waals surface area contributed by atoms with E-state index in [2.05, 4.69) is 21.4 Å². The minimum Gasteiger partial charge on any atom is -0.277 e. The van der Waals surface area contributed by atoms with Gasteiger partial charge in [0.25, 0.3) is 5.91 Å². The van der Waals surface area contributed by atoms with Crippen LogP contribution in [0.25, 0.3) is 0 Å². The summed E-state index contributed by atoms with van der Waals surface area (Å²) in [5.74, 6) is -0.355. The van der Waals surface area contributed by atoms with Crippen LogP contribution >= 0.6 is 15.9 Å². The molecule has 0 aliphatic heterocycles. The fourth-order valence-corrected chi connectivity index (χ4v) is 0.481. The monoisotopic (exact) mass is 206 g/mol. The van der Waals surface area contributed by atoms with Crippen molar-refractivity contribution in [2.45, 2.75) is 0 Å². The Balaban J connectivity index is 3.43. The Kier molecular flexibility index (Phi) is 5.75. The quantitative estimate of drug-likeness (QED) is 0.288. The molecule has 0 rings (SSSR count).